The maximum Gasteiger partial charge on any atom is 0.248 e. The van der Waals surface area contributed by atoms with Crippen molar-refractivity contribution in [1.82, 2.24) is 15.0 Å². The molecule has 1 aromatic heterocycles. The molecule has 1 aliphatic rings. The van der Waals surface area contributed by atoms with Crippen LogP contribution in [0, 0.1) is 0 Å². The van der Waals surface area contributed by atoms with Crippen molar-refractivity contribution in [1.29, 1.82) is 0 Å². The molecule has 0 fully saturated rings. The average Bonchev–Trinajstić information content (AvgIpc) is 3.03. The second kappa shape index (κ2) is 5.41. The van der Waals surface area contributed by atoms with Crippen LogP contribution >= 0.6 is 0 Å². The van der Waals surface area contributed by atoms with Gasteiger partial charge in [-0.15, -0.1) is 5.10 Å². The number of nitrogens with zero attached hydrogens (tertiary/aromatic N) is 4. The highest BCUT2D eigenvalue weighted by atomic mass is 32.2. The maximum absolute atomic E-state index is 12.4. The van der Waals surface area contributed by atoms with Gasteiger partial charge in [0.2, 0.25) is 15.9 Å². The van der Waals surface area contributed by atoms with E-state index in [2.05, 4.69) is 15.0 Å². The lowest BCUT2D eigenvalue weighted by Crippen LogP contribution is -2.32. The molecule has 0 spiro atoms. The number of rotatable bonds is 4. The summed E-state index contributed by atoms with van der Waals surface area (Å²) >= 11 is 0. The quantitative estimate of drug-likeness (QED) is 0.870. The fourth-order valence-corrected chi connectivity index (χ4v) is 2.91. The van der Waals surface area contributed by atoms with E-state index in [1.807, 2.05) is 24.3 Å². The number of para-hydroxylation sites is 1. The number of hydrogen-bond donors (Lipinski definition) is 1. The van der Waals surface area contributed by atoms with Gasteiger partial charge in [0.15, 0.2) is 5.82 Å². The van der Waals surface area contributed by atoms with Crippen LogP contribution in [0.4, 0.5) is 11.5 Å². The molecule has 1 amide bonds. The number of amides is 1. The zero-order valence-electron chi connectivity index (χ0n) is 11.9. The Morgan fingerprint density at radius 3 is 2.91 bits per heavy atom. The molecule has 1 aliphatic heterocycles. The van der Waals surface area contributed by atoms with Gasteiger partial charge in [0, 0.05) is 12.2 Å². The summed E-state index contributed by atoms with van der Waals surface area (Å²) in [6, 6.07) is 7.77. The monoisotopic (exact) mass is 321 g/mol. The Hall–Kier alpha value is -2.42. The number of hydrogen-bond acceptors (Lipinski definition) is 5. The third-order valence-electron chi connectivity index (χ3n) is 3.31. The molecule has 1 N–H and O–H groups in total. The minimum Gasteiger partial charge on any atom is -0.310 e. The summed E-state index contributed by atoms with van der Waals surface area (Å²) in [6.45, 7) is 0.647. The Bertz CT molecular complexity index is 815. The van der Waals surface area contributed by atoms with E-state index in [0.29, 0.717) is 6.54 Å². The van der Waals surface area contributed by atoms with Crippen LogP contribution in [-0.4, -0.2) is 42.1 Å². The van der Waals surface area contributed by atoms with Gasteiger partial charge >= 0.3 is 0 Å². The fraction of sp³-hybridized carbons (Fsp3) is 0.308. The highest BCUT2D eigenvalue weighted by Gasteiger charge is 2.24. The molecule has 0 saturated carbocycles. The molecule has 0 atom stereocenters. The van der Waals surface area contributed by atoms with Crippen LogP contribution in [0.1, 0.15) is 5.56 Å². The second-order valence-electron chi connectivity index (χ2n) is 5.10. The summed E-state index contributed by atoms with van der Waals surface area (Å²) in [5.41, 5.74) is 2.07. The van der Waals surface area contributed by atoms with Crippen LogP contribution in [0.3, 0.4) is 0 Å². The number of anilines is 2. The molecule has 116 valence electrons. The van der Waals surface area contributed by atoms with E-state index < -0.39 is 10.0 Å². The second-order valence-corrected chi connectivity index (χ2v) is 6.85. The first-order chi connectivity index (χ1) is 10.4. The van der Waals surface area contributed by atoms with E-state index in [1.54, 1.807) is 4.90 Å². The Balaban J connectivity index is 1.71. The van der Waals surface area contributed by atoms with Gasteiger partial charge in [-0.3, -0.25) is 9.52 Å². The SMILES string of the molecule is CS(=O)(=O)Nc1cn(CC(=O)N2CCc3ccccc32)nn1. The van der Waals surface area contributed by atoms with Crippen molar-refractivity contribution in [3.63, 3.8) is 0 Å². The van der Waals surface area contributed by atoms with Gasteiger partial charge in [-0.25, -0.2) is 13.1 Å². The molecule has 1 aromatic carbocycles. The van der Waals surface area contributed by atoms with Crippen LogP contribution in [0.5, 0.6) is 0 Å². The van der Waals surface area contributed by atoms with Crippen LogP contribution in [0.15, 0.2) is 30.5 Å². The molecular formula is C13H15N5O3S. The predicted octanol–water partition coefficient (Wildman–Crippen LogP) is 0.239. The minimum atomic E-state index is -3.41. The molecule has 3 rings (SSSR count). The Morgan fingerprint density at radius 1 is 1.36 bits per heavy atom. The zero-order chi connectivity index (χ0) is 15.7. The Morgan fingerprint density at radius 2 is 2.14 bits per heavy atom. The molecule has 0 unspecified atom stereocenters. The summed E-state index contributed by atoms with van der Waals surface area (Å²) in [5.74, 6) is -0.0159. The Labute approximate surface area is 127 Å². The van der Waals surface area contributed by atoms with Crippen molar-refractivity contribution in [2.75, 3.05) is 22.4 Å². The molecular weight excluding hydrogens is 306 g/mol. The molecule has 2 aromatic rings. The van der Waals surface area contributed by atoms with Gasteiger partial charge in [0.1, 0.15) is 6.54 Å². The average molecular weight is 321 g/mol. The highest BCUT2D eigenvalue weighted by molar-refractivity contribution is 7.92. The van der Waals surface area contributed by atoms with Crippen molar-refractivity contribution >= 4 is 27.4 Å². The number of carbonyl (C=O) groups is 1. The number of carbonyl (C=O) groups excluding carboxylic acids is 1. The predicted molar refractivity (Wildman–Crippen MR) is 81.0 cm³/mol. The first kappa shape index (κ1) is 14.5. The van der Waals surface area contributed by atoms with Crippen LogP contribution in [0.2, 0.25) is 0 Å². The van der Waals surface area contributed by atoms with Crippen LogP contribution in [0.25, 0.3) is 0 Å². The lowest BCUT2D eigenvalue weighted by atomic mass is 10.2. The molecule has 0 saturated heterocycles. The van der Waals surface area contributed by atoms with E-state index in [1.165, 1.54) is 10.9 Å². The normalized spacial score (nSPS) is 14.0. The van der Waals surface area contributed by atoms with E-state index in [-0.39, 0.29) is 18.3 Å². The number of sulfonamides is 1. The molecule has 0 aliphatic carbocycles. The lowest BCUT2D eigenvalue weighted by Gasteiger charge is -2.16. The van der Waals surface area contributed by atoms with Crippen molar-refractivity contribution in [2.45, 2.75) is 13.0 Å². The van der Waals surface area contributed by atoms with E-state index in [4.69, 9.17) is 0 Å². The smallest absolute Gasteiger partial charge is 0.248 e. The summed E-state index contributed by atoms with van der Waals surface area (Å²) in [6.07, 6.45) is 3.25. The third-order valence-corrected chi connectivity index (χ3v) is 3.89. The highest BCUT2D eigenvalue weighted by Crippen LogP contribution is 2.27. The number of aromatic nitrogens is 3. The topological polar surface area (TPSA) is 97.2 Å². The van der Waals surface area contributed by atoms with Crippen LogP contribution < -0.4 is 9.62 Å². The summed E-state index contributed by atoms with van der Waals surface area (Å²) in [4.78, 5) is 14.1. The summed E-state index contributed by atoms with van der Waals surface area (Å²) in [7, 11) is -3.41. The third kappa shape index (κ3) is 3.08. The van der Waals surface area contributed by atoms with Crippen LogP contribution in [-0.2, 0) is 27.8 Å². The molecule has 0 radical (unpaired) electrons. The van der Waals surface area contributed by atoms with Gasteiger partial charge in [0.25, 0.3) is 0 Å². The van der Waals surface area contributed by atoms with Crippen molar-refractivity contribution in [3.8, 4) is 0 Å². The standard InChI is InChI=1S/C13H15N5O3S/c1-22(20,21)15-12-8-17(16-14-12)9-13(19)18-7-6-10-4-2-3-5-11(10)18/h2-5,8,15H,6-7,9H2,1H3. The first-order valence-electron chi connectivity index (χ1n) is 6.68. The van der Waals surface area contributed by atoms with Crippen molar-refractivity contribution in [3.05, 3.63) is 36.0 Å². The van der Waals surface area contributed by atoms with Gasteiger partial charge in [-0.2, -0.15) is 0 Å². The zero-order valence-corrected chi connectivity index (χ0v) is 12.7. The van der Waals surface area contributed by atoms with Gasteiger partial charge in [0.05, 0.1) is 12.5 Å². The van der Waals surface area contributed by atoms with Crippen molar-refractivity contribution in [2.24, 2.45) is 0 Å². The molecule has 9 heteroatoms. The minimum absolute atomic E-state index is 0.00672. The first-order valence-corrected chi connectivity index (χ1v) is 8.58. The molecule has 8 nitrogen and oxygen atoms in total. The van der Waals surface area contributed by atoms with Gasteiger partial charge in [-0.05, 0) is 18.1 Å². The molecule has 0 bridgehead atoms. The van der Waals surface area contributed by atoms with E-state index in [0.717, 1.165) is 23.9 Å². The largest absolute Gasteiger partial charge is 0.310 e. The van der Waals surface area contributed by atoms with E-state index >= 15 is 0 Å². The number of nitrogens with one attached hydrogen (secondary N) is 1. The summed E-state index contributed by atoms with van der Waals surface area (Å²) < 4.78 is 25.8. The van der Waals surface area contributed by atoms with Crippen molar-refractivity contribution < 1.29 is 13.2 Å². The number of fused-ring (bicyclic) bond motifs is 1. The van der Waals surface area contributed by atoms with Gasteiger partial charge < -0.3 is 4.90 Å². The maximum atomic E-state index is 12.4. The van der Waals surface area contributed by atoms with Gasteiger partial charge in [-0.1, -0.05) is 23.4 Å². The molecule has 2 heterocycles. The summed E-state index contributed by atoms with van der Waals surface area (Å²) in [5, 5.41) is 7.44. The molecule has 22 heavy (non-hydrogen) atoms. The lowest BCUT2D eigenvalue weighted by molar-refractivity contribution is -0.119. The fourth-order valence-electron chi connectivity index (χ4n) is 2.43. The van der Waals surface area contributed by atoms with E-state index in [9.17, 15) is 13.2 Å². The Kier molecular flexibility index (Phi) is 3.57. The number of benzene rings is 1.